The summed E-state index contributed by atoms with van der Waals surface area (Å²) in [4.78, 5) is 10.5. The van der Waals surface area contributed by atoms with Crippen LogP contribution >= 0.6 is 0 Å². The summed E-state index contributed by atoms with van der Waals surface area (Å²) in [7, 11) is 0. The van der Waals surface area contributed by atoms with Gasteiger partial charge in [-0.15, -0.1) is 0 Å². The number of rotatable bonds is 10. The highest BCUT2D eigenvalue weighted by molar-refractivity contribution is 5.75. The Labute approximate surface area is 115 Å². The fourth-order valence-corrected chi connectivity index (χ4v) is 1.78. The summed E-state index contributed by atoms with van der Waals surface area (Å²) in [5.41, 5.74) is 6.36. The van der Waals surface area contributed by atoms with Gasteiger partial charge in [-0.25, -0.2) is 0 Å². The highest BCUT2D eigenvalue weighted by Crippen LogP contribution is 2.14. The lowest BCUT2D eigenvalue weighted by Gasteiger charge is -2.07. The van der Waals surface area contributed by atoms with Gasteiger partial charge in [0.2, 0.25) is 5.91 Å². The molecule has 4 heteroatoms. The Morgan fingerprint density at radius 2 is 2.00 bits per heavy atom. The molecule has 1 aromatic carbocycles. The summed E-state index contributed by atoms with van der Waals surface area (Å²) in [5.74, 6) is 0.511. The largest absolute Gasteiger partial charge is 0.492 e. The van der Waals surface area contributed by atoms with E-state index >= 15 is 0 Å². The van der Waals surface area contributed by atoms with Gasteiger partial charge in [-0.05, 0) is 30.5 Å². The van der Waals surface area contributed by atoms with Crippen molar-refractivity contribution in [3.8, 4) is 5.75 Å². The van der Waals surface area contributed by atoms with Crippen molar-refractivity contribution in [1.82, 2.24) is 5.32 Å². The number of primary amides is 1. The third-order valence-electron chi connectivity index (χ3n) is 2.84. The van der Waals surface area contributed by atoms with Crippen LogP contribution in [0.1, 0.15) is 31.7 Å². The topological polar surface area (TPSA) is 64.3 Å². The molecule has 0 aliphatic heterocycles. The lowest BCUT2D eigenvalue weighted by molar-refractivity contribution is -0.117. The first-order valence-electron chi connectivity index (χ1n) is 6.93. The predicted molar refractivity (Wildman–Crippen MR) is 77.2 cm³/mol. The molecule has 4 nitrogen and oxygen atoms in total. The smallest absolute Gasteiger partial charge is 0.231 e. The van der Waals surface area contributed by atoms with Gasteiger partial charge >= 0.3 is 0 Å². The molecule has 0 aliphatic rings. The molecule has 0 bridgehead atoms. The number of carbonyl (C=O) groups excluding carboxylic acids is 1. The number of hydrogen-bond donors (Lipinski definition) is 2. The number of benzene rings is 1. The van der Waals surface area contributed by atoms with Gasteiger partial charge in [-0.2, -0.15) is 0 Å². The normalized spacial score (nSPS) is 10.4. The van der Waals surface area contributed by atoms with Crippen LogP contribution in [0.15, 0.2) is 24.3 Å². The van der Waals surface area contributed by atoms with Crippen molar-refractivity contribution in [2.45, 2.75) is 32.6 Å². The summed E-state index contributed by atoms with van der Waals surface area (Å²) in [5, 5.41) is 2.90. The lowest BCUT2D eigenvalue weighted by Crippen LogP contribution is -2.31. The Hall–Kier alpha value is -1.55. The lowest BCUT2D eigenvalue weighted by atomic mass is 10.1. The minimum Gasteiger partial charge on any atom is -0.492 e. The van der Waals surface area contributed by atoms with Crippen molar-refractivity contribution in [3.05, 3.63) is 29.8 Å². The molecule has 19 heavy (non-hydrogen) atoms. The zero-order valence-electron chi connectivity index (χ0n) is 11.7. The van der Waals surface area contributed by atoms with Crippen LogP contribution in [0.3, 0.4) is 0 Å². The van der Waals surface area contributed by atoms with E-state index in [0.717, 1.165) is 12.2 Å². The van der Waals surface area contributed by atoms with Crippen molar-refractivity contribution < 1.29 is 9.53 Å². The molecule has 0 saturated carbocycles. The van der Waals surface area contributed by atoms with Gasteiger partial charge in [0, 0.05) is 6.54 Å². The second-order valence-corrected chi connectivity index (χ2v) is 4.59. The first kappa shape index (κ1) is 15.5. The van der Waals surface area contributed by atoms with Gasteiger partial charge in [-0.1, -0.05) is 31.9 Å². The minimum absolute atomic E-state index is 0.194. The molecule has 0 aliphatic carbocycles. The molecule has 1 amide bonds. The van der Waals surface area contributed by atoms with Crippen molar-refractivity contribution in [2.24, 2.45) is 5.73 Å². The van der Waals surface area contributed by atoms with Crippen molar-refractivity contribution >= 4 is 5.91 Å². The Bertz CT molecular complexity index is 363. The van der Waals surface area contributed by atoms with Gasteiger partial charge < -0.3 is 15.8 Å². The molecule has 1 aromatic rings. The van der Waals surface area contributed by atoms with Gasteiger partial charge in [0.1, 0.15) is 12.4 Å². The average molecular weight is 264 g/mol. The monoisotopic (exact) mass is 264 g/mol. The van der Waals surface area contributed by atoms with E-state index in [4.69, 9.17) is 10.5 Å². The zero-order chi connectivity index (χ0) is 13.9. The summed E-state index contributed by atoms with van der Waals surface area (Å²) in [6.07, 6.45) is 4.91. The van der Waals surface area contributed by atoms with E-state index in [9.17, 15) is 4.79 Å². The minimum atomic E-state index is -0.351. The second-order valence-electron chi connectivity index (χ2n) is 4.59. The van der Waals surface area contributed by atoms with Crippen molar-refractivity contribution in [2.75, 3.05) is 19.7 Å². The first-order valence-corrected chi connectivity index (χ1v) is 6.93. The van der Waals surface area contributed by atoms with Crippen LogP contribution in [-0.4, -0.2) is 25.6 Å². The summed E-state index contributed by atoms with van der Waals surface area (Å²) >= 11 is 0. The van der Waals surface area contributed by atoms with E-state index in [-0.39, 0.29) is 12.5 Å². The van der Waals surface area contributed by atoms with Crippen LogP contribution in [0, 0.1) is 0 Å². The van der Waals surface area contributed by atoms with E-state index in [1.807, 2.05) is 12.1 Å². The average Bonchev–Trinajstić information content (AvgIpc) is 2.40. The Balaban J connectivity index is 2.18. The maximum Gasteiger partial charge on any atom is 0.231 e. The molecule has 0 radical (unpaired) electrons. The number of nitrogens with two attached hydrogens (primary N) is 1. The molecule has 1 rings (SSSR count). The van der Waals surface area contributed by atoms with Crippen LogP contribution in [0.4, 0.5) is 0 Å². The van der Waals surface area contributed by atoms with E-state index in [2.05, 4.69) is 24.4 Å². The van der Waals surface area contributed by atoms with Gasteiger partial charge in [0.25, 0.3) is 0 Å². The molecule has 106 valence electrons. The molecule has 0 heterocycles. The highest BCUT2D eigenvalue weighted by Gasteiger charge is 1.97. The highest BCUT2D eigenvalue weighted by atomic mass is 16.5. The maximum atomic E-state index is 10.5. The third kappa shape index (κ3) is 7.47. The van der Waals surface area contributed by atoms with Crippen LogP contribution in [0.25, 0.3) is 0 Å². The van der Waals surface area contributed by atoms with Gasteiger partial charge in [0.15, 0.2) is 0 Å². The number of unbranched alkanes of at least 4 members (excludes halogenated alkanes) is 2. The standard InChI is InChI=1S/C15H24N2O2/c1-2-3-4-5-13-6-8-14(9-7-13)19-11-10-17-12-15(16)18/h6-9,17H,2-5,10-12H2,1H3,(H2,16,18). The quantitative estimate of drug-likeness (QED) is 0.634. The molecule has 0 aromatic heterocycles. The van der Waals surface area contributed by atoms with E-state index in [1.165, 1.54) is 24.8 Å². The summed E-state index contributed by atoms with van der Waals surface area (Å²) < 4.78 is 5.55. The molecule has 3 N–H and O–H groups in total. The van der Waals surface area contributed by atoms with E-state index in [1.54, 1.807) is 0 Å². The van der Waals surface area contributed by atoms with Crippen molar-refractivity contribution in [1.29, 1.82) is 0 Å². The molecule has 0 atom stereocenters. The van der Waals surface area contributed by atoms with Gasteiger partial charge in [0.05, 0.1) is 6.54 Å². The van der Waals surface area contributed by atoms with Crippen LogP contribution in [-0.2, 0) is 11.2 Å². The molecule has 0 saturated heterocycles. The number of amides is 1. The fraction of sp³-hybridized carbons (Fsp3) is 0.533. The second kappa shape index (κ2) is 9.39. The summed E-state index contributed by atoms with van der Waals surface area (Å²) in [6.45, 7) is 3.55. The Kier molecular flexibility index (Phi) is 7.66. The molecular formula is C15H24N2O2. The number of ether oxygens (including phenoxy) is 1. The Morgan fingerprint density at radius 3 is 2.63 bits per heavy atom. The molecule has 0 unspecified atom stereocenters. The zero-order valence-corrected chi connectivity index (χ0v) is 11.7. The molecule has 0 spiro atoms. The van der Waals surface area contributed by atoms with Crippen LogP contribution in [0.2, 0.25) is 0 Å². The molecule has 0 fully saturated rings. The van der Waals surface area contributed by atoms with Crippen LogP contribution < -0.4 is 15.8 Å². The predicted octanol–water partition coefficient (Wildman–Crippen LogP) is 1.87. The van der Waals surface area contributed by atoms with E-state index in [0.29, 0.717) is 13.2 Å². The first-order chi connectivity index (χ1) is 9.22. The Morgan fingerprint density at radius 1 is 1.26 bits per heavy atom. The SMILES string of the molecule is CCCCCc1ccc(OCCNCC(N)=O)cc1. The third-order valence-corrected chi connectivity index (χ3v) is 2.84. The number of aryl methyl sites for hydroxylation is 1. The summed E-state index contributed by atoms with van der Waals surface area (Å²) in [6, 6.07) is 8.22. The van der Waals surface area contributed by atoms with Crippen LogP contribution in [0.5, 0.6) is 5.75 Å². The maximum absolute atomic E-state index is 10.5. The van der Waals surface area contributed by atoms with Gasteiger partial charge in [-0.3, -0.25) is 4.79 Å². The molecular weight excluding hydrogens is 240 g/mol. The number of hydrogen-bond acceptors (Lipinski definition) is 3. The fourth-order valence-electron chi connectivity index (χ4n) is 1.78. The van der Waals surface area contributed by atoms with E-state index < -0.39 is 0 Å². The number of carbonyl (C=O) groups is 1. The number of nitrogens with one attached hydrogen (secondary N) is 1. The van der Waals surface area contributed by atoms with Crippen molar-refractivity contribution in [3.63, 3.8) is 0 Å².